The molecule has 74 valence electrons. The lowest BCUT2D eigenvalue weighted by Crippen LogP contribution is -2.41. The smallest absolute Gasteiger partial charge is 0.0638 e. The molecule has 0 aliphatic carbocycles. The SMILES string of the molecule is CCC1CCC(C)N1C(C)CC#N. The van der Waals surface area contributed by atoms with Crippen molar-refractivity contribution < 1.29 is 0 Å². The first-order valence-electron chi connectivity index (χ1n) is 5.35. The van der Waals surface area contributed by atoms with Crippen LogP contribution in [0.1, 0.15) is 46.5 Å². The van der Waals surface area contributed by atoms with Crippen molar-refractivity contribution in [3.05, 3.63) is 0 Å². The van der Waals surface area contributed by atoms with Gasteiger partial charge in [0, 0.05) is 18.1 Å². The van der Waals surface area contributed by atoms with Crippen LogP contribution in [-0.4, -0.2) is 23.0 Å². The molecule has 0 aromatic heterocycles. The van der Waals surface area contributed by atoms with Crippen molar-refractivity contribution in [3.63, 3.8) is 0 Å². The first kappa shape index (κ1) is 10.5. The van der Waals surface area contributed by atoms with Gasteiger partial charge < -0.3 is 0 Å². The second kappa shape index (κ2) is 4.62. The fraction of sp³-hybridized carbons (Fsp3) is 0.909. The second-order valence-electron chi connectivity index (χ2n) is 4.15. The molecule has 1 aliphatic rings. The van der Waals surface area contributed by atoms with Gasteiger partial charge in [0.2, 0.25) is 0 Å². The Kier molecular flexibility index (Phi) is 3.74. The highest BCUT2D eigenvalue weighted by molar-refractivity contribution is 4.90. The van der Waals surface area contributed by atoms with Gasteiger partial charge in [-0.2, -0.15) is 5.26 Å². The third kappa shape index (κ3) is 2.22. The Balaban J connectivity index is 2.58. The summed E-state index contributed by atoms with van der Waals surface area (Å²) in [5.41, 5.74) is 0. The van der Waals surface area contributed by atoms with Gasteiger partial charge in [-0.3, -0.25) is 4.90 Å². The standard InChI is InChI=1S/C11H20N2/c1-4-11-6-5-9(2)13(11)10(3)7-8-12/h9-11H,4-7H2,1-3H3. The molecule has 0 N–H and O–H groups in total. The predicted octanol–water partition coefficient (Wildman–Crippen LogP) is 2.55. The van der Waals surface area contributed by atoms with Gasteiger partial charge >= 0.3 is 0 Å². The zero-order chi connectivity index (χ0) is 9.84. The molecular formula is C11H20N2. The minimum absolute atomic E-state index is 0.437. The molecule has 2 nitrogen and oxygen atoms in total. The summed E-state index contributed by atoms with van der Waals surface area (Å²) in [6.07, 6.45) is 4.50. The molecule has 1 aliphatic heterocycles. The van der Waals surface area contributed by atoms with Crippen molar-refractivity contribution in [3.8, 4) is 6.07 Å². The van der Waals surface area contributed by atoms with Gasteiger partial charge in [-0.25, -0.2) is 0 Å². The molecule has 0 saturated carbocycles. The van der Waals surface area contributed by atoms with Gasteiger partial charge in [-0.05, 0) is 33.1 Å². The molecule has 2 heteroatoms. The van der Waals surface area contributed by atoms with E-state index in [9.17, 15) is 0 Å². The second-order valence-corrected chi connectivity index (χ2v) is 4.15. The summed E-state index contributed by atoms with van der Waals surface area (Å²) < 4.78 is 0. The Morgan fingerprint density at radius 3 is 2.77 bits per heavy atom. The Morgan fingerprint density at radius 2 is 2.23 bits per heavy atom. The topological polar surface area (TPSA) is 27.0 Å². The maximum Gasteiger partial charge on any atom is 0.0638 e. The van der Waals surface area contributed by atoms with Gasteiger partial charge in [0.25, 0.3) is 0 Å². The number of likely N-dealkylation sites (tertiary alicyclic amines) is 1. The predicted molar refractivity (Wildman–Crippen MR) is 54.3 cm³/mol. The molecule has 0 bridgehead atoms. The first-order valence-corrected chi connectivity index (χ1v) is 5.35. The monoisotopic (exact) mass is 180 g/mol. The van der Waals surface area contributed by atoms with E-state index in [1.807, 2.05) is 0 Å². The molecule has 0 spiro atoms. The van der Waals surface area contributed by atoms with Crippen LogP contribution in [0.15, 0.2) is 0 Å². The number of hydrogen-bond donors (Lipinski definition) is 0. The summed E-state index contributed by atoms with van der Waals surface area (Å²) in [5.74, 6) is 0. The van der Waals surface area contributed by atoms with E-state index in [4.69, 9.17) is 5.26 Å². The maximum absolute atomic E-state index is 8.67. The quantitative estimate of drug-likeness (QED) is 0.667. The van der Waals surface area contributed by atoms with Crippen LogP contribution in [0, 0.1) is 11.3 Å². The zero-order valence-corrected chi connectivity index (χ0v) is 8.95. The first-order chi connectivity index (χ1) is 6.20. The minimum atomic E-state index is 0.437. The largest absolute Gasteiger partial charge is 0.294 e. The van der Waals surface area contributed by atoms with E-state index in [-0.39, 0.29) is 0 Å². The normalized spacial score (nSPS) is 31.5. The van der Waals surface area contributed by atoms with E-state index < -0.39 is 0 Å². The summed E-state index contributed by atoms with van der Waals surface area (Å²) in [7, 11) is 0. The average Bonchev–Trinajstić information content (AvgIpc) is 2.47. The lowest BCUT2D eigenvalue weighted by Gasteiger charge is -2.32. The van der Waals surface area contributed by atoms with Crippen LogP contribution in [0.2, 0.25) is 0 Å². The number of nitriles is 1. The molecule has 1 saturated heterocycles. The van der Waals surface area contributed by atoms with Gasteiger partial charge in [0.1, 0.15) is 0 Å². The molecule has 0 aromatic carbocycles. The van der Waals surface area contributed by atoms with E-state index in [0.717, 1.165) is 6.04 Å². The Morgan fingerprint density at radius 1 is 1.54 bits per heavy atom. The molecule has 1 heterocycles. The molecule has 13 heavy (non-hydrogen) atoms. The van der Waals surface area contributed by atoms with Crippen LogP contribution in [0.3, 0.4) is 0 Å². The Bertz CT molecular complexity index is 195. The molecule has 3 unspecified atom stereocenters. The number of rotatable bonds is 3. The van der Waals surface area contributed by atoms with Gasteiger partial charge in [0.15, 0.2) is 0 Å². The van der Waals surface area contributed by atoms with E-state index in [1.54, 1.807) is 0 Å². The van der Waals surface area contributed by atoms with Gasteiger partial charge in [-0.15, -0.1) is 0 Å². The van der Waals surface area contributed by atoms with E-state index >= 15 is 0 Å². The number of nitrogens with zero attached hydrogens (tertiary/aromatic N) is 2. The van der Waals surface area contributed by atoms with Crippen molar-refractivity contribution in [2.75, 3.05) is 0 Å². The maximum atomic E-state index is 8.67. The van der Waals surface area contributed by atoms with Crippen molar-refractivity contribution in [1.82, 2.24) is 4.90 Å². The van der Waals surface area contributed by atoms with Gasteiger partial charge in [0.05, 0.1) is 12.5 Å². The lowest BCUT2D eigenvalue weighted by atomic mass is 10.1. The summed E-state index contributed by atoms with van der Waals surface area (Å²) in [4.78, 5) is 2.53. The fourth-order valence-electron chi connectivity index (χ4n) is 2.54. The third-order valence-corrected chi connectivity index (χ3v) is 3.22. The summed E-state index contributed by atoms with van der Waals surface area (Å²) in [6.45, 7) is 6.70. The van der Waals surface area contributed by atoms with Crippen LogP contribution in [0.25, 0.3) is 0 Å². The molecular weight excluding hydrogens is 160 g/mol. The number of hydrogen-bond acceptors (Lipinski definition) is 2. The molecule has 1 rings (SSSR count). The van der Waals surface area contributed by atoms with Crippen molar-refractivity contribution in [2.24, 2.45) is 0 Å². The highest BCUT2D eigenvalue weighted by Crippen LogP contribution is 2.28. The van der Waals surface area contributed by atoms with Crippen LogP contribution >= 0.6 is 0 Å². The molecule has 1 fully saturated rings. The van der Waals surface area contributed by atoms with Crippen molar-refractivity contribution in [2.45, 2.75) is 64.6 Å². The highest BCUT2D eigenvalue weighted by atomic mass is 15.2. The summed E-state index contributed by atoms with van der Waals surface area (Å²) in [6, 6.07) is 4.10. The molecule has 0 aromatic rings. The van der Waals surface area contributed by atoms with Crippen LogP contribution in [0.4, 0.5) is 0 Å². The summed E-state index contributed by atoms with van der Waals surface area (Å²) >= 11 is 0. The Hall–Kier alpha value is -0.550. The lowest BCUT2D eigenvalue weighted by molar-refractivity contribution is 0.145. The van der Waals surface area contributed by atoms with E-state index in [1.165, 1.54) is 19.3 Å². The van der Waals surface area contributed by atoms with Gasteiger partial charge in [-0.1, -0.05) is 6.92 Å². The zero-order valence-electron chi connectivity index (χ0n) is 8.95. The van der Waals surface area contributed by atoms with E-state index in [0.29, 0.717) is 18.5 Å². The molecule has 0 radical (unpaired) electrons. The van der Waals surface area contributed by atoms with Crippen molar-refractivity contribution in [1.29, 1.82) is 5.26 Å². The van der Waals surface area contributed by atoms with Crippen molar-refractivity contribution >= 4 is 0 Å². The third-order valence-electron chi connectivity index (χ3n) is 3.22. The van der Waals surface area contributed by atoms with E-state index in [2.05, 4.69) is 31.7 Å². The van der Waals surface area contributed by atoms with Crippen LogP contribution < -0.4 is 0 Å². The van der Waals surface area contributed by atoms with Crippen LogP contribution in [-0.2, 0) is 0 Å². The molecule has 0 amide bonds. The minimum Gasteiger partial charge on any atom is -0.294 e. The Labute approximate surface area is 81.5 Å². The average molecular weight is 180 g/mol. The fourth-order valence-corrected chi connectivity index (χ4v) is 2.54. The van der Waals surface area contributed by atoms with Crippen LogP contribution in [0.5, 0.6) is 0 Å². The summed E-state index contributed by atoms with van der Waals surface area (Å²) in [5, 5.41) is 8.67. The highest BCUT2D eigenvalue weighted by Gasteiger charge is 2.32. The molecule has 3 atom stereocenters.